The minimum atomic E-state index is -0.902. The molecule has 8 atom stereocenters. The van der Waals surface area contributed by atoms with Gasteiger partial charge in [-0.05, 0) is 74.5 Å². The second-order valence-electron chi connectivity index (χ2n) is 9.02. The lowest BCUT2D eigenvalue weighted by Gasteiger charge is -2.57. The molecule has 3 saturated carbocycles. The number of aliphatic hydroxyl groups excluding tert-OH is 1. The maximum absolute atomic E-state index is 11.0. The van der Waals surface area contributed by atoms with E-state index in [9.17, 15) is 10.2 Å². The van der Waals surface area contributed by atoms with Crippen LogP contribution in [-0.2, 0) is 0 Å². The van der Waals surface area contributed by atoms with E-state index < -0.39 is 5.60 Å². The predicted molar refractivity (Wildman–Crippen MR) is 91.4 cm³/mol. The van der Waals surface area contributed by atoms with Crippen LogP contribution in [0.2, 0.25) is 0 Å². The van der Waals surface area contributed by atoms with Gasteiger partial charge < -0.3 is 10.2 Å². The van der Waals surface area contributed by atoms with Crippen molar-refractivity contribution in [3.8, 4) is 12.3 Å². The fourth-order valence-corrected chi connectivity index (χ4v) is 6.97. The Balaban J connectivity index is 1.69. The van der Waals surface area contributed by atoms with Crippen molar-refractivity contribution in [1.82, 2.24) is 0 Å². The molecule has 0 unspecified atom stereocenters. The van der Waals surface area contributed by atoms with Gasteiger partial charge in [-0.15, -0.1) is 6.42 Å². The van der Waals surface area contributed by atoms with Crippen LogP contribution in [0.25, 0.3) is 0 Å². The van der Waals surface area contributed by atoms with E-state index in [1.165, 1.54) is 12.0 Å². The topological polar surface area (TPSA) is 40.5 Å². The summed E-state index contributed by atoms with van der Waals surface area (Å²) in [6, 6.07) is 0. The molecule has 2 nitrogen and oxygen atoms in total. The monoisotopic (exact) mass is 314 g/mol. The molecular formula is C21H30O2. The zero-order valence-electron chi connectivity index (χ0n) is 14.5. The number of terminal acetylenes is 1. The number of fused-ring (bicyclic) bond motifs is 5. The predicted octanol–water partition coefficient (Wildman–Crippen LogP) is 3.53. The minimum Gasteiger partial charge on any atom is -0.389 e. The summed E-state index contributed by atoms with van der Waals surface area (Å²) in [5, 5.41) is 21.0. The standard InChI is InChI=1S/C21H30O2/c1-4-21(23)10-8-18-19-13(2)11-14-12-15(22)5-6-16(14)17(19)7-9-20(18,21)3/h1,12-13,15-19,22-23H,5-11H2,2-3H3/t13-,15-,16+,17-,18+,19-,20+,21+/m1/s1. The first kappa shape index (κ1) is 15.7. The molecule has 3 fully saturated rings. The highest BCUT2D eigenvalue weighted by atomic mass is 16.3. The van der Waals surface area contributed by atoms with Gasteiger partial charge in [0.2, 0.25) is 0 Å². The molecule has 126 valence electrons. The van der Waals surface area contributed by atoms with Crippen molar-refractivity contribution in [3.05, 3.63) is 11.6 Å². The van der Waals surface area contributed by atoms with Gasteiger partial charge in [0.15, 0.2) is 0 Å². The van der Waals surface area contributed by atoms with Crippen molar-refractivity contribution in [2.45, 2.75) is 70.5 Å². The Kier molecular flexibility index (Phi) is 3.49. The van der Waals surface area contributed by atoms with Crippen LogP contribution in [0.5, 0.6) is 0 Å². The Hall–Kier alpha value is -0.780. The van der Waals surface area contributed by atoms with Crippen molar-refractivity contribution in [2.75, 3.05) is 0 Å². The quantitative estimate of drug-likeness (QED) is 0.530. The normalized spacial score (nSPS) is 55.2. The van der Waals surface area contributed by atoms with Gasteiger partial charge >= 0.3 is 0 Å². The summed E-state index contributed by atoms with van der Waals surface area (Å²) in [7, 11) is 0. The van der Waals surface area contributed by atoms with Gasteiger partial charge in [-0.2, -0.15) is 0 Å². The Morgan fingerprint density at radius 2 is 2.00 bits per heavy atom. The molecule has 0 aromatic carbocycles. The second kappa shape index (κ2) is 5.11. The largest absolute Gasteiger partial charge is 0.389 e. The van der Waals surface area contributed by atoms with Crippen LogP contribution >= 0.6 is 0 Å². The zero-order chi connectivity index (χ0) is 16.4. The molecule has 23 heavy (non-hydrogen) atoms. The molecule has 0 amide bonds. The highest BCUT2D eigenvalue weighted by Gasteiger charge is 2.62. The van der Waals surface area contributed by atoms with Crippen LogP contribution in [0.3, 0.4) is 0 Å². The highest BCUT2D eigenvalue weighted by molar-refractivity contribution is 5.26. The maximum atomic E-state index is 11.0. The van der Waals surface area contributed by atoms with Crippen molar-refractivity contribution in [1.29, 1.82) is 0 Å². The van der Waals surface area contributed by atoms with E-state index in [-0.39, 0.29) is 11.5 Å². The molecule has 0 aliphatic heterocycles. The van der Waals surface area contributed by atoms with Gasteiger partial charge in [0.25, 0.3) is 0 Å². The minimum absolute atomic E-state index is 0.105. The maximum Gasteiger partial charge on any atom is 0.130 e. The van der Waals surface area contributed by atoms with Crippen LogP contribution in [0.4, 0.5) is 0 Å². The molecule has 0 saturated heterocycles. The third-order valence-corrected chi connectivity index (χ3v) is 8.16. The van der Waals surface area contributed by atoms with E-state index in [0.29, 0.717) is 23.7 Å². The number of hydrogen-bond acceptors (Lipinski definition) is 2. The molecular weight excluding hydrogens is 284 g/mol. The van der Waals surface area contributed by atoms with E-state index in [4.69, 9.17) is 6.42 Å². The first-order valence-electron chi connectivity index (χ1n) is 9.48. The average molecular weight is 314 g/mol. The van der Waals surface area contributed by atoms with E-state index >= 15 is 0 Å². The molecule has 0 radical (unpaired) electrons. The summed E-state index contributed by atoms with van der Waals surface area (Å²) in [6.45, 7) is 4.64. The molecule has 0 aromatic heterocycles. The average Bonchev–Trinajstić information content (AvgIpc) is 2.79. The molecule has 0 aromatic rings. The second-order valence-corrected chi connectivity index (χ2v) is 9.02. The Morgan fingerprint density at radius 3 is 2.74 bits per heavy atom. The van der Waals surface area contributed by atoms with Crippen LogP contribution in [0, 0.1) is 47.3 Å². The van der Waals surface area contributed by atoms with Crippen molar-refractivity contribution in [3.63, 3.8) is 0 Å². The molecule has 0 bridgehead atoms. The zero-order valence-corrected chi connectivity index (χ0v) is 14.5. The van der Waals surface area contributed by atoms with Gasteiger partial charge in [-0.3, -0.25) is 0 Å². The summed E-state index contributed by atoms with van der Waals surface area (Å²) in [4.78, 5) is 0. The van der Waals surface area contributed by atoms with Crippen molar-refractivity contribution in [2.24, 2.45) is 35.0 Å². The Labute approximate surface area is 140 Å². The molecule has 4 rings (SSSR count). The summed E-state index contributed by atoms with van der Waals surface area (Å²) >= 11 is 0. The van der Waals surface area contributed by atoms with Crippen LogP contribution in [0.1, 0.15) is 58.8 Å². The van der Waals surface area contributed by atoms with Crippen LogP contribution < -0.4 is 0 Å². The first-order valence-corrected chi connectivity index (χ1v) is 9.48. The van der Waals surface area contributed by atoms with Gasteiger partial charge in [0.1, 0.15) is 5.60 Å². The molecule has 2 N–H and O–H groups in total. The van der Waals surface area contributed by atoms with Crippen molar-refractivity contribution >= 4 is 0 Å². The highest BCUT2D eigenvalue weighted by Crippen LogP contribution is 2.65. The first-order chi connectivity index (χ1) is 10.9. The van der Waals surface area contributed by atoms with E-state index in [1.807, 2.05) is 0 Å². The summed E-state index contributed by atoms with van der Waals surface area (Å²) < 4.78 is 0. The summed E-state index contributed by atoms with van der Waals surface area (Å²) in [5.41, 5.74) is 0.514. The van der Waals surface area contributed by atoms with Gasteiger partial charge in [0, 0.05) is 5.41 Å². The molecule has 0 heterocycles. The van der Waals surface area contributed by atoms with E-state index in [2.05, 4.69) is 25.8 Å². The van der Waals surface area contributed by atoms with E-state index in [1.54, 1.807) is 0 Å². The van der Waals surface area contributed by atoms with Gasteiger partial charge in [-0.1, -0.05) is 31.4 Å². The lowest BCUT2D eigenvalue weighted by atomic mass is 9.48. The number of aliphatic hydroxyl groups is 2. The molecule has 4 aliphatic carbocycles. The number of rotatable bonds is 0. The molecule has 0 spiro atoms. The van der Waals surface area contributed by atoms with Crippen LogP contribution in [-0.4, -0.2) is 21.9 Å². The number of allylic oxidation sites excluding steroid dienone is 1. The summed E-state index contributed by atoms with van der Waals surface area (Å²) in [6.07, 6.45) is 15.0. The SMILES string of the molecule is C#C[C@]1(O)CC[C@H]2[C@H]3[C@H](CC[C@@]21C)[C@H]1CC[C@@H](O)C=C1C[C@H]3C. The fourth-order valence-electron chi connectivity index (χ4n) is 6.97. The Morgan fingerprint density at radius 1 is 1.22 bits per heavy atom. The van der Waals surface area contributed by atoms with E-state index in [0.717, 1.165) is 44.4 Å². The number of hydrogen-bond donors (Lipinski definition) is 2. The Bertz CT molecular complexity index is 573. The third kappa shape index (κ3) is 2.02. The van der Waals surface area contributed by atoms with Crippen LogP contribution in [0.15, 0.2) is 11.6 Å². The smallest absolute Gasteiger partial charge is 0.130 e. The lowest BCUT2D eigenvalue weighted by Crippen LogP contribution is -2.54. The molecule has 4 aliphatic rings. The molecule has 2 heteroatoms. The summed E-state index contributed by atoms with van der Waals surface area (Å²) in [5.74, 6) is 6.05. The van der Waals surface area contributed by atoms with Gasteiger partial charge in [-0.25, -0.2) is 0 Å². The fraction of sp³-hybridized carbons (Fsp3) is 0.810. The third-order valence-electron chi connectivity index (χ3n) is 8.16. The van der Waals surface area contributed by atoms with Crippen molar-refractivity contribution < 1.29 is 10.2 Å². The van der Waals surface area contributed by atoms with Gasteiger partial charge in [0.05, 0.1) is 6.10 Å². The lowest BCUT2D eigenvalue weighted by molar-refractivity contribution is -0.0989.